The fourth-order valence-electron chi connectivity index (χ4n) is 3.03. The average molecular weight is 463 g/mol. The molecule has 0 fully saturated rings. The summed E-state index contributed by atoms with van der Waals surface area (Å²) in [6.07, 6.45) is 1.55. The molecular weight excluding hydrogens is 433 g/mol. The molecule has 0 saturated heterocycles. The van der Waals surface area contributed by atoms with Crippen LogP contribution in [0.1, 0.15) is 66.7 Å². The van der Waals surface area contributed by atoms with Crippen molar-refractivity contribution in [3.05, 3.63) is 69.8 Å². The van der Waals surface area contributed by atoms with E-state index in [-0.39, 0.29) is 17.4 Å². The summed E-state index contributed by atoms with van der Waals surface area (Å²) < 4.78 is 49.3. The highest BCUT2D eigenvalue weighted by atomic mass is 19.4. The van der Waals surface area contributed by atoms with Crippen molar-refractivity contribution in [3.63, 3.8) is 0 Å². The van der Waals surface area contributed by atoms with Gasteiger partial charge in [0.05, 0.1) is 18.8 Å². The van der Waals surface area contributed by atoms with Gasteiger partial charge in [0.2, 0.25) is 0 Å². The first-order valence-electron chi connectivity index (χ1n) is 10.6. The van der Waals surface area contributed by atoms with Gasteiger partial charge in [-0.1, -0.05) is 42.9 Å². The molecule has 0 aliphatic rings. The van der Waals surface area contributed by atoms with Crippen LogP contribution in [0, 0.1) is 0 Å². The summed E-state index contributed by atoms with van der Waals surface area (Å²) in [5.74, 6) is -0.542. The Labute approximate surface area is 192 Å². The van der Waals surface area contributed by atoms with Gasteiger partial charge in [0.15, 0.2) is 0 Å². The van der Waals surface area contributed by atoms with Gasteiger partial charge < -0.3 is 14.6 Å². The van der Waals surface area contributed by atoms with Crippen molar-refractivity contribution in [2.75, 3.05) is 7.11 Å². The third-order valence-electron chi connectivity index (χ3n) is 5.10. The third kappa shape index (κ3) is 6.88. The molecule has 2 aromatic carbocycles. The van der Waals surface area contributed by atoms with Crippen molar-refractivity contribution >= 4 is 18.1 Å². The summed E-state index contributed by atoms with van der Waals surface area (Å²) in [5.41, 5.74) is 1.54. The molecule has 178 valence electrons. The lowest BCUT2D eigenvalue weighted by molar-refractivity contribution is -0.137. The van der Waals surface area contributed by atoms with E-state index >= 15 is 0 Å². The van der Waals surface area contributed by atoms with Gasteiger partial charge in [-0.15, -0.1) is 0 Å². The standard InChI is InChI=1S/C26H29F3O4/c1-6-17(4)33-22-15-19(11-8-18-9-12-20(13-10-18)26(27,28)29)23(25(31)32-5)24(30)21(22)14-7-16(2)3/h7-13,15,17,30H,6,14H2,1-5H3/b11-8+. The van der Waals surface area contributed by atoms with Crippen LogP contribution in [-0.2, 0) is 17.3 Å². The van der Waals surface area contributed by atoms with Crippen LogP contribution in [-0.4, -0.2) is 24.3 Å². The zero-order valence-electron chi connectivity index (χ0n) is 19.4. The maximum Gasteiger partial charge on any atom is 0.416 e. The first-order chi connectivity index (χ1) is 15.5. The molecule has 0 spiro atoms. The molecule has 0 amide bonds. The minimum absolute atomic E-state index is 0.0330. The zero-order chi connectivity index (χ0) is 24.8. The highest BCUT2D eigenvalue weighted by Gasteiger charge is 2.30. The number of phenolic OH excluding ortho intramolecular Hbond substituents is 1. The van der Waals surface area contributed by atoms with Gasteiger partial charge >= 0.3 is 12.1 Å². The second-order valence-corrected chi connectivity index (χ2v) is 7.93. The number of hydrogen-bond acceptors (Lipinski definition) is 4. The molecule has 0 aromatic heterocycles. The van der Waals surface area contributed by atoms with Crippen LogP contribution in [0.4, 0.5) is 13.2 Å². The molecule has 4 nitrogen and oxygen atoms in total. The Morgan fingerprint density at radius 1 is 1.15 bits per heavy atom. The quantitative estimate of drug-likeness (QED) is 0.259. The number of rotatable bonds is 8. The average Bonchev–Trinajstić information content (AvgIpc) is 2.76. The Bertz CT molecular complexity index is 1030. The number of phenols is 1. The Hall–Kier alpha value is -3.22. The SMILES string of the molecule is CCC(C)Oc1cc(/C=C/c2ccc(C(F)(F)F)cc2)c(C(=O)OC)c(O)c1CC=C(C)C. The molecule has 1 N–H and O–H groups in total. The number of ether oxygens (including phenoxy) is 2. The van der Waals surface area contributed by atoms with E-state index in [0.717, 1.165) is 24.1 Å². The fraction of sp³-hybridized carbons (Fsp3) is 0.346. The van der Waals surface area contributed by atoms with Crippen LogP contribution in [0.5, 0.6) is 11.5 Å². The van der Waals surface area contributed by atoms with Crippen molar-refractivity contribution in [1.82, 2.24) is 0 Å². The highest BCUT2D eigenvalue weighted by Crippen LogP contribution is 2.37. The number of halogens is 3. The molecule has 0 aliphatic carbocycles. The monoisotopic (exact) mass is 462 g/mol. The Morgan fingerprint density at radius 3 is 2.30 bits per heavy atom. The zero-order valence-corrected chi connectivity index (χ0v) is 19.4. The fourth-order valence-corrected chi connectivity index (χ4v) is 3.03. The van der Waals surface area contributed by atoms with Crippen LogP contribution in [0.15, 0.2) is 42.0 Å². The van der Waals surface area contributed by atoms with Crippen molar-refractivity contribution < 1.29 is 32.5 Å². The Morgan fingerprint density at radius 2 is 1.79 bits per heavy atom. The topological polar surface area (TPSA) is 55.8 Å². The Kier molecular flexibility index (Phi) is 8.74. The predicted molar refractivity (Wildman–Crippen MR) is 123 cm³/mol. The van der Waals surface area contributed by atoms with Gasteiger partial charge in [0.1, 0.15) is 17.1 Å². The van der Waals surface area contributed by atoms with Gasteiger partial charge in [-0.25, -0.2) is 4.79 Å². The molecule has 0 heterocycles. The van der Waals surface area contributed by atoms with E-state index in [2.05, 4.69) is 0 Å². The molecule has 2 rings (SSSR count). The largest absolute Gasteiger partial charge is 0.507 e. The summed E-state index contributed by atoms with van der Waals surface area (Å²) in [6.45, 7) is 7.71. The van der Waals surface area contributed by atoms with Gasteiger partial charge in [0, 0.05) is 5.56 Å². The van der Waals surface area contributed by atoms with Crippen LogP contribution < -0.4 is 4.74 Å². The molecule has 0 aliphatic heterocycles. The summed E-state index contributed by atoms with van der Waals surface area (Å²) in [4.78, 5) is 12.5. The smallest absolute Gasteiger partial charge is 0.416 e. The van der Waals surface area contributed by atoms with Gasteiger partial charge in [-0.3, -0.25) is 0 Å². The molecule has 7 heteroatoms. The van der Waals surface area contributed by atoms with Gasteiger partial charge in [-0.2, -0.15) is 13.2 Å². The number of aromatic hydroxyl groups is 1. The first-order valence-corrected chi connectivity index (χ1v) is 10.6. The highest BCUT2D eigenvalue weighted by molar-refractivity contribution is 5.98. The molecule has 0 saturated carbocycles. The summed E-state index contributed by atoms with van der Waals surface area (Å²) >= 11 is 0. The number of esters is 1. The molecule has 33 heavy (non-hydrogen) atoms. The molecular formula is C26H29F3O4. The van der Waals surface area contributed by atoms with Crippen molar-refractivity contribution in [2.24, 2.45) is 0 Å². The number of allylic oxidation sites excluding steroid dienone is 2. The maximum atomic E-state index is 12.8. The van der Waals surface area contributed by atoms with E-state index in [4.69, 9.17) is 9.47 Å². The number of alkyl halides is 3. The molecule has 1 unspecified atom stereocenters. The molecule has 0 bridgehead atoms. The van der Waals surface area contributed by atoms with Gasteiger partial charge in [-0.05, 0) is 62.9 Å². The van der Waals surface area contributed by atoms with Crippen molar-refractivity contribution in [2.45, 2.75) is 52.8 Å². The lowest BCUT2D eigenvalue weighted by atomic mass is 9.97. The third-order valence-corrected chi connectivity index (χ3v) is 5.10. The minimum atomic E-state index is -4.42. The van der Waals surface area contributed by atoms with Crippen LogP contribution in [0.2, 0.25) is 0 Å². The van der Waals surface area contributed by atoms with E-state index in [9.17, 15) is 23.1 Å². The Balaban J connectivity index is 2.60. The number of hydrogen-bond donors (Lipinski definition) is 1. The summed E-state index contributed by atoms with van der Waals surface area (Å²) in [6, 6.07) is 6.27. The van der Waals surface area contributed by atoms with E-state index in [1.54, 1.807) is 18.2 Å². The normalized spacial score (nSPS) is 12.5. The first kappa shape index (κ1) is 26.0. The molecule has 1 atom stereocenters. The van der Waals surface area contributed by atoms with Crippen LogP contribution >= 0.6 is 0 Å². The summed E-state index contributed by atoms with van der Waals surface area (Å²) in [5, 5.41) is 11.0. The van der Waals surface area contributed by atoms with Crippen molar-refractivity contribution in [1.29, 1.82) is 0 Å². The van der Waals surface area contributed by atoms with Gasteiger partial charge in [0.25, 0.3) is 0 Å². The number of carbonyl (C=O) groups is 1. The minimum Gasteiger partial charge on any atom is -0.507 e. The lowest BCUT2D eigenvalue weighted by Crippen LogP contribution is -2.13. The van der Waals surface area contributed by atoms with E-state index < -0.39 is 17.7 Å². The second-order valence-electron chi connectivity index (χ2n) is 7.93. The number of methoxy groups -OCH3 is 1. The van der Waals surface area contributed by atoms with E-state index in [0.29, 0.717) is 28.9 Å². The summed E-state index contributed by atoms with van der Waals surface area (Å²) in [7, 11) is 1.21. The second kappa shape index (κ2) is 11.1. The maximum absolute atomic E-state index is 12.8. The van der Waals surface area contributed by atoms with E-state index in [1.807, 2.05) is 33.8 Å². The number of benzene rings is 2. The lowest BCUT2D eigenvalue weighted by Gasteiger charge is -2.20. The predicted octanol–water partition coefficient (Wildman–Crippen LogP) is 7.05. The van der Waals surface area contributed by atoms with Crippen molar-refractivity contribution in [3.8, 4) is 11.5 Å². The number of carbonyl (C=O) groups excluding carboxylic acids is 1. The van der Waals surface area contributed by atoms with Crippen LogP contribution in [0.25, 0.3) is 12.2 Å². The molecule has 0 radical (unpaired) electrons. The van der Waals surface area contributed by atoms with E-state index in [1.165, 1.54) is 19.2 Å². The van der Waals surface area contributed by atoms with Crippen LogP contribution in [0.3, 0.4) is 0 Å². The molecule has 2 aromatic rings.